The summed E-state index contributed by atoms with van der Waals surface area (Å²) in [5.74, 6) is -0.973. The van der Waals surface area contributed by atoms with Gasteiger partial charge in [-0.3, -0.25) is 0 Å². The Kier molecular flexibility index (Phi) is 3.60. The lowest BCUT2D eigenvalue weighted by molar-refractivity contribution is -0.131. The van der Waals surface area contributed by atoms with Crippen molar-refractivity contribution >= 4 is 5.97 Å². The number of nitrogens with one attached hydrogen (secondary N) is 1. The summed E-state index contributed by atoms with van der Waals surface area (Å²) in [4.78, 5) is 9.97. The fourth-order valence-electron chi connectivity index (χ4n) is 0.875. The molecule has 1 saturated heterocycles. The van der Waals surface area contributed by atoms with E-state index in [0.717, 1.165) is 25.5 Å². The molecule has 0 aromatic rings. The SMILES string of the molecule is O=C(O)C=COCCCC1CN1. The van der Waals surface area contributed by atoms with Crippen LogP contribution in [0.2, 0.25) is 0 Å². The predicted octanol–water partition coefficient (Wildman–Crippen LogP) is 0.353. The maximum absolute atomic E-state index is 9.97. The van der Waals surface area contributed by atoms with Crippen LogP contribution < -0.4 is 5.32 Å². The van der Waals surface area contributed by atoms with E-state index in [-0.39, 0.29) is 0 Å². The molecular weight excluding hydrogens is 158 g/mol. The van der Waals surface area contributed by atoms with Crippen molar-refractivity contribution in [3.8, 4) is 0 Å². The summed E-state index contributed by atoms with van der Waals surface area (Å²) in [6.07, 6.45) is 4.31. The monoisotopic (exact) mass is 171 g/mol. The fraction of sp³-hybridized carbons (Fsp3) is 0.625. The zero-order valence-corrected chi connectivity index (χ0v) is 6.82. The average Bonchev–Trinajstić information content (AvgIpc) is 2.79. The van der Waals surface area contributed by atoms with Crippen molar-refractivity contribution < 1.29 is 14.6 Å². The van der Waals surface area contributed by atoms with E-state index in [1.54, 1.807) is 0 Å². The van der Waals surface area contributed by atoms with Crippen molar-refractivity contribution in [2.45, 2.75) is 18.9 Å². The molecule has 68 valence electrons. The van der Waals surface area contributed by atoms with E-state index >= 15 is 0 Å². The van der Waals surface area contributed by atoms with Crippen molar-refractivity contribution in [1.29, 1.82) is 0 Å². The molecule has 1 rings (SSSR count). The number of carbonyl (C=O) groups is 1. The molecule has 0 amide bonds. The molecular formula is C8H13NO3. The van der Waals surface area contributed by atoms with Crippen LogP contribution in [0.3, 0.4) is 0 Å². The van der Waals surface area contributed by atoms with Crippen molar-refractivity contribution in [3.63, 3.8) is 0 Å². The molecule has 1 fully saturated rings. The Labute approximate surface area is 71.2 Å². The highest BCUT2D eigenvalue weighted by molar-refractivity contribution is 5.79. The van der Waals surface area contributed by atoms with Gasteiger partial charge >= 0.3 is 5.97 Å². The van der Waals surface area contributed by atoms with Gasteiger partial charge in [0.25, 0.3) is 0 Å². The van der Waals surface area contributed by atoms with E-state index in [9.17, 15) is 4.79 Å². The summed E-state index contributed by atoms with van der Waals surface area (Å²) in [7, 11) is 0. The van der Waals surface area contributed by atoms with Crippen LogP contribution >= 0.6 is 0 Å². The molecule has 0 radical (unpaired) electrons. The molecule has 1 atom stereocenters. The molecule has 0 aromatic heterocycles. The lowest BCUT2D eigenvalue weighted by atomic mass is 10.2. The Balaban J connectivity index is 1.84. The van der Waals surface area contributed by atoms with Crippen LogP contribution in [0.5, 0.6) is 0 Å². The molecule has 2 N–H and O–H groups in total. The quantitative estimate of drug-likeness (QED) is 0.262. The highest BCUT2D eigenvalue weighted by Gasteiger charge is 2.18. The Hall–Kier alpha value is -1.03. The molecule has 12 heavy (non-hydrogen) atoms. The molecule has 1 heterocycles. The lowest BCUT2D eigenvalue weighted by Crippen LogP contribution is -1.95. The van der Waals surface area contributed by atoms with E-state index in [1.807, 2.05) is 0 Å². The third-order valence-electron chi connectivity index (χ3n) is 1.61. The first-order valence-corrected chi connectivity index (χ1v) is 4.03. The van der Waals surface area contributed by atoms with Gasteiger partial charge in [-0.25, -0.2) is 4.79 Å². The van der Waals surface area contributed by atoms with Gasteiger partial charge in [-0.05, 0) is 12.8 Å². The van der Waals surface area contributed by atoms with Gasteiger partial charge in [-0.1, -0.05) is 0 Å². The zero-order chi connectivity index (χ0) is 8.81. The minimum absolute atomic E-state index is 0.599. The second-order valence-electron chi connectivity index (χ2n) is 2.76. The fourth-order valence-corrected chi connectivity index (χ4v) is 0.875. The minimum Gasteiger partial charge on any atom is -0.501 e. The molecule has 0 saturated carbocycles. The maximum Gasteiger partial charge on any atom is 0.331 e. The molecule has 0 aromatic carbocycles. The summed E-state index contributed by atoms with van der Waals surface area (Å²) in [6.45, 7) is 1.72. The maximum atomic E-state index is 9.97. The summed E-state index contributed by atoms with van der Waals surface area (Å²) in [6, 6.07) is 0.678. The standard InChI is InChI=1S/C8H13NO3/c10-8(11)3-5-12-4-1-2-7-6-9-7/h3,5,7,9H,1-2,4,6H2,(H,10,11). The normalized spacial score (nSPS) is 21.2. The first-order chi connectivity index (χ1) is 5.79. The van der Waals surface area contributed by atoms with Crippen molar-refractivity contribution in [2.75, 3.05) is 13.2 Å². The smallest absolute Gasteiger partial charge is 0.331 e. The Bertz CT molecular complexity index is 175. The predicted molar refractivity (Wildman–Crippen MR) is 43.8 cm³/mol. The number of hydrogen-bond donors (Lipinski definition) is 2. The molecule has 0 spiro atoms. The summed E-state index contributed by atoms with van der Waals surface area (Å²) in [5, 5.41) is 11.4. The Morgan fingerprint density at radius 2 is 2.50 bits per heavy atom. The molecule has 4 heteroatoms. The van der Waals surface area contributed by atoms with E-state index in [1.165, 1.54) is 6.26 Å². The van der Waals surface area contributed by atoms with Gasteiger partial charge in [-0.15, -0.1) is 0 Å². The first-order valence-electron chi connectivity index (χ1n) is 4.03. The van der Waals surface area contributed by atoms with E-state index in [4.69, 9.17) is 9.84 Å². The molecule has 1 aliphatic heterocycles. The summed E-state index contributed by atoms with van der Waals surface area (Å²) < 4.78 is 4.93. The van der Waals surface area contributed by atoms with Crippen LogP contribution in [0.25, 0.3) is 0 Å². The Morgan fingerprint density at radius 1 is 1.75 bits per heavy atom. The zero-order valence-electron chi connectivity index (χ0n) is 6.82. The van der Waals surface area contributed by atoms with Crippen molar-refractivity contribution in [3.05, 3.63) is 12.3 Å². The van der Waals surface area contributed by atoms with E-state index < -0.39 is 5.97 Å². The third-order valence-corrected chi connectivity index (χ3v) is 1.61. The van der Waals surface area contributed by atoms with Crippen LogP contribution in [0.1, 0.15) is 12.8 Å². The van der Waals surface area contributed by atoms with Crippen molar-refractivity contribution in [1.82, 2.24) is 5.32 Å². The topological polar surface area (TPSA) is 68.5 Å². The van der Waals surface area contributed by atoms with Crippen LogP contribution in [-0.4, -0.2) is 30.3 Å². The summed E-state index contributed by atoms with van der Waals surface area (Å²) in [5.41, 5.74) is 0. The number of rotatable bonds is 6. The van der Waals surface area contributed by atoms with Crippen LogP contribution in [0.4, 0.5) is 0 Å². The molecule has 0 bridgehead atoms. The van der Waals surface area contributed by atoms with Crippen molar-refractivity contribution in [2.24, 2.45) is 0 Å². The van der Waals surface area contributed by atoms with E-state index in [2.05, 4.69) is 5.32 Å². The number of hydrogen-bond acceptors (Lipinski definition) is 3. The molecule has 0 aliphatic carbocycles. The summed E-state index contributed by atoms with van der Waals surface area (Å²) >= 11 is 0. The van der Waals surface area contributed by atoms with E-state index in [0.29, 0.717) is 12.6 Å². The first kappa shape index (κ1) is 9.06. The van der Waals surface area contributed by atoms with Gasteiger partial charge < -0.3 is 15.2 Å². The van der Waals surface area contributed by atoms with Gasteiger partial charge in [0.05, 0.1) is 18.9 Å². The highest BCUT2D eigenvalue weighted by Crippen LogP contribution is 2.05. The lowest BCUT2D eigenvalue weighted by Gasteiger charge is -1.97. The molecule has 4 nitrogen and oxygen atoms in total. The van der Waals surface area contributed by atoms with Gasteiger partial charge in [0.15, 0.2) is 0 Å². The van der Waals surface area contributed by atoms with Crippen LogP contribution in [-0.2, 0) is 9.53 Å². The largest absolute Gasteiger partial charge is 0.501 e. The molecule has 1 aliphatic rings. The Morgan fingerprint density at radius 3 is 3.08 bits per heavy atom. The van der Waals surface area contributed by atoms with Gasteiger partial charge in [0.2, 0.25) is 0 Å². The number of ether oxygens (including phenoxy) is 1. The average molecular weight is 171 g/mol. The van der Waals surface area contributed by atoms with Gasteiger partial charge in [0, 0.05) is 12.6 Å². The minimum atomic E-state index is -0.973. The number of carboxylic acid groups (broad SMARTS) is 1. The molecule has 1 unspecified atom stereocenters. The second kappa shape index (κ2) is 4.77. The number of aliphatic carboxylic acids is 1. The third kappa shape index (κ3) is 4.73. The second-order valence-corrected chi connectivity index (χ2v) is 2.76. The van der Waals surface area contributed by atoms with Gasteiger partial charge in [-0.2, -0.15) is 0 Å². The van der Waals surface area contributed by atoms with Gasteiger partial charge in [0.1, 0.15) is 0 Å². The van der Waals surface area contributed by atoms with Crippen LogP contribution in [0, 0.1) is 0 Å². The van der Waals surface area contributed by atoms with Crippen LogP contribution in [0.15, 0.2) is 12.3 Å². The highest BCUT2D eigenvalue weighted by atomic mass is 16.5. The number of carboxylic acids is 1.